The number of alkyl halides is 1. The highest BCUT2D eigenvalue weighted by molar-refractivity contribution is 7.92. The van der Waals surface area contributed by atoms with Crippen molar-refractivity contribution in [2.75, 3.05) is 11.4 Å². The quantitative estimate of drug-likeness (QED) is 0.882. The molecule has 0 bridgehead atoms. The first kappa shape index (κ1) is 14.9. The van der Waals surface area contributed by atoms with Crippen molar-refractivity contribution in [3.63, 3.8) is 0 Å². The van der Waals surface area contributed by atoms with Crippen molar-refractivity contribution >= 4 is 27.3 Å². The van der Waals surface area contributed by atoms with E-state index >= 15 is 0 Å². The summed E-state index contributed by atoms with van der Waals surface area (Å²) in [5, 5.41) is 6.55. The minimum Gasteiger partial charge on any atom is -0.281 e. The van der Waals surface area contributed by atoms with Crippen LogP contribution in [0.4, 0.5) is 5.69 Å². The molecule has 7 heteroatoms. The molecule has 0 saturated carbocycles. The molecule has 1 N–H and O–H groups in total. The second kappa shape index (κ2) is 5.46. The van der Waals surface area contributed by atoms with Crippen LogP contribution in [0, 0.1) is 13.8 Å². The van der Waals surface area contributed by atoms with Gasteiger partial charge in [-0.2, -0.15) is 13.5 Å². The lowest BCUT2D eigenvalue weighted by atomic mass is 10.2. The second-order valence-corrected chi connectivity index (χ2v) is 6.68. The lowest BCUT2D eigenvalue weighted by Crippen LogP contribution is -2.28. The average Bonchev–Trinajstić information content (AvgIpc) is 2.80. The summed E-state index contributed by atoms with van der Waals surface area (Å²) < 4.78 is 26.6. The summed E-state index contributed by atoms with van der Waals surface area (Å²) in [6.07, 6.45) is 0. The number of sulfonamides is 1. The molecule has 0 aliphatic rings. The van der Waals surface area contributed by atoms with Gasteiger partial charge >= 0.3 is 0 Å². The highest BCUT2D eigenvalue weighted by Crippen LogP contribution is 2.27. The van der Waals surface area contributed by atoms with Gasteiger partial charge in [0.25, 0.3) is 10.0 Å². The molecule has 0 spiro atoms. The number of hydrogen-bond donors (Lipinski definition) is 1. The van der Waals surface area contributed by atoms with Crippen LogP contribution in [0.25, 0.3) is 0 Å². The molecule has 0 radical (unpaired) electrons. The standard InChI is InChI=1S/C13H16ClN3O2S/c1-9-6-4-5-7-12(9)17(3)20(18,19)13-11(8-14)10(2)15-16-13/h4-7H,8H2,1-3H3,(H,15,16). The van der Waals surface area contributed by atoms with Crippen LogP contribution >= 0.6 is 11.6 Å². The third-order valence-electron chi connectivity index (χ3n) is 3.23. The topological polar surface area (TPSA) is 66.1 Å². The molecule has 108 valence electrons. The zero-order valence-corrected chi connectivity index (χ0v) is 13.1. The van der Waals surface area contributed by atoms with Gasteiger partial charge in [-0.3, -0.25) is 9.40 Å². The van der Waals surface area contributed by atoms with Crippen LogP contribution < -0.4 is 4.31 Å². The Morgan fingerprint density at radius 1 is 1.30 bits per heavy atom. The zero-order chi connectivity index (χ0) is 14.9. The van der Waals surface area contributed by atoms with E-state index in [2.05, 4.69) is 10.2 Å². The number of aryl methyl sites for hydroxylation is 2. The van der Waals surface area contributed by atoms with Gasteiger partial charge in [0.15, 0.2) is 0 Å². The van der Waals surface area contributed by atoms with Crippen molar-refractivity contribution in [1.82, 2.24) is 10.2 Å². The lowest BCUT2D eigenvalue weighted by molar-refractivity contribution is 0.589. The van der Waals surface area contributed by atoms with Crippen molar-refractivity contribution in [3.8, 4) is 0 Å². The summed E-state index contributed by atoms with van der Waals surface area (Å²) in [5.41, 5.74) is 2.66. The van der Waals surface area contributed by atoms with Crippen LogP contribution in [0.1, 0.15) is 16.8 Å². The van der Waals surface area contributed by atoms with Gasteiger partial charge in [0, 0.05) is 18.3 Å². The van der Waals surface area contributed by atoms with E-state index < -0.39 is 10.0 Å². The normalized spacial score (nSPS) is 11.6. The van der Waals surface area contributed by atoms with Crippen LogP contribution in [0.3, 0.4) is 0 Å². The molecular weight excluding hydrogens is 298 g/mol. The number of benzene rings is 1. The number of nitrogens with one attached hydrogen (secondary N) is 1. The summed E-state index contributed by atoms with van der Waals surface area (Å²) in [7, 11) is -2.22. The highest BCUT2D eigenvalue weighted by atomic mass is 35.5. The number of anilines is 1. The zero-order valence-electron chi connectivity index (χ0n) is 11.5. The van der Waals surface area contributed by atoms with E-state index in [-0.39, 0.29) is 10.9 Å². The molecule has 2 rings (SSSR count). The fourth-order valence-electron chi connectivity index (χ4n) is 1.98. The molecule has 0 unspecified atom stereocenters. The van der Waals surface area contributed by atoms with E-state index in [1.165, 1.54) is 11.4 Å². The Kier molecular flexibility index (Phi) is 4.06. The Hall–Kier alpha value is -1.53. The van der Waals surface area contributed by atoms with E-state index in [9.17, 15) is 8.42 Å². The van der Waals surface area contributed by atoms with Gasteiger partial charge in [0.05, 0.1) is 11.6 Å². The van der Waals surface area contributed by atoms with Gasteiger partial charge in [-0.1, -0.05) is 18.2 Å². The second-order valence-electron chi connectivity index (χ2n) is 4.52. The van der Waals surface area contributed by atoms with Gasteiger partial charge in [-0.25, -0.2) is 0 Å². The van der Waals surface area contributed by atoms with Crippen LogP contribution in [0.5, 0.6) is 0 Å². The fraction of sp³-hybridized carbons (Fsp3) is 0.308. The molecule has 0 aliphatic heterocycles. The summed E-state index contributed by atoms with van der Waals surface area (Å²) >= 11 is 5.82. The molecular formula is C13H16ClN3O2S. The van der Waals surface area contributed by atoms with E-state index in [1.54, 1.807) is 19.1 Å². The van der Waals surface area contributed by atoms with Crippen molar-refractivity contribution < 1.29 is 8.42 Å². The molecule has 20 heavy (non-hydrogen) atoms. The van der Waals surface area contributed by atoms with Gasteiger partial charge < -0.3 is 0 Å². The molecule has 5 nitrogen and oxygen atoms in total. The number of H-pyrrole nitrogens is 1. The minimum absolute atomic E-state index is 0.0178. The molecule has 1 heterocycles. The lowest BCUT2D eigenvalue weighted by Gasteiger charge is -2.20. The number of aromatic nitrogens is 2. The van der Waals surface area contributed by atoms with Gasteiger partial charge in [0.2, 0.25) is 5.03 Å². The smallest absolute Gasteiger partial charge is 0.281 e. The summed E-state index contributed by atoms with van der Waals surface area (Å²) in [5.74, 6) is 0.0957. The van der Waals surface area contributed by atoms with E-state index in [0.717, 1.165) is 5.56 Å². The third kappa shape index (κ3) is 2.41. The maximum atomic E-state index is 12.7. The van der Waals surface area contributed by atoms with E-state index in [1.807, 2.05) is 19.1 Å². The van der Waals surface area contributed by atoms with Crippen molar-refractivity contribution in [2.24, 2.45) is 0 Å². The average molecular weight is 314 g/mol. The monoisotopic (exact) mass is 313 g/mol. The molecule has 0 saturated heterocycles. The van der Waals surface area contributed by atoms with Crippen molar-refractivity contribution in [2.45, 2.75) is 24.8 Å². The number of aromatic amines is 1. The summed E-state index contributed by atoms with van der Waals surface area (Å²) in [6.45, 7) is 3.61. The van der Waals surface area contributed by atoms with Gasteiger partial charge in [-0.15, -0.1) is 11.6 Å². The largest absolute Gasteiger partial charge is 0.283 e. The third-order valence-corrected chi connectivity index (χ3v) is 5.24. The molecule has 1 aromatic carbocycles. The number of halogens is 1. The first-order valence-corrected chi connectivity index (χ1v) is 8.01. The Labute approximate surface area is 123 Å². The molecule has 0 amide bonds. The maximum absolute atomic E-state index is 12.7. The Morgan fingerprint density at radius 2 is 1.95 bits per heavy atom. The predicted molar refractivity (Wildman–Crippen MR) is 79.6 cm³/mol. The first-order valence-electron chi connectivity index (χ1n) is 6.04. The SMILES string of the molecule is Cc1ccccc1N(C)S(=O)(=O)c1n[nH]c(C)c1CCl. The fourth-order valence-corrected chi connectivity index (χ4v) is 3.80. The molecule has 2 aromatic rings. The number of nitrogens with zero attached hydrogens (tertiary/aromatic N) is 2. The Balaban J connectivity index is 2.53. The highest BCUT2D eigenvalue weighted by Gasteiger charge is 2.28. The summed E-state index contributed by atoms with van der Waals surface area (Å²) in [4.78, 5) is 0. The Morgan fingerprint density at radius 3 is 2.55 bits per heavy atom. The van der Waals surface area contributed by atoms with Crippen LogP contribution in [0.2, 0.25) is 0 Å². The molecule has 0 aliphatic carbocycles. The molecule has 0 fully saturated rings. The minimum atomic E-state index is -3.73. The number of para-hydroxylation sites is 1. The number of hydrogen-bond acceptors (Lipinski definition) is 3. The van der Waals surface area contributed by atoms with Crippen LogP contribution in [-0.2, 0) is 15.9 Å². The first-order chi connectivity index (χ1) is 9.39. The maximum Gasteiger partial charge on any atom is 0.283 e. The van der Waals surface area contributed by atoms with Gasteiger partial charge in [-0.05, 0) is 25.5 Å². The van der Waals surface area contributed by atoms with Crippen molar-refractivity contribution in [1.29, 1.82) is 0 Å². The van der Waals surface area contributed by atoms with E-state index in [0.29, 0.717) is 16.9 Å². The van der Waals surface area contributed by atoms with Crippen molar-refractivity contribution in [3.05, 3.63) is 41.1 Å². The van der Waals surface area contributed by atoms with Gasteiger partial charge in [0.1, 0.15) is 0 Å². The van der Waals surface area contributed by atoms with E-state index in [4.69, 9.17) is 11.6 Å². The molecule has 1 aromatic heterocycles. The summed E-state index contributed by atoms with van der Waals surface area (Å²) in [6, 6.07) is 7.28. The van der Waals surface area contributed by atoms with Crippen LogP contribution in [-0.4, -0.2) is 25.7 Å². The van der Waals surface area contributed by atoms with Crippen LogP contribution in [0.15, 0.2) is 29.3 Å². The Bertz CT molecular complexity index is 725. The number of rotatable bonds is 4. The molecule has 0 atom stereocenters. The predicted octanol–water partition coefficient (Wildman–Crippen LogP) is 2.59.